The molecule has 6 nitrogen and oxygen atoms in total. The van der Waals surface area contributed by atoms with Gasteiger partial charge in [0, 0.05) is 35.9 Å². The second-order valence-electron chi connectivity index (χ2n) is 8.47. The molecule has 4 fully saturated rings. The Morgan fingerprint density at radius 3 is 2.71 bits per heavy atom. The van der Waals surface area contributed by atoms with Crippen molar-refractivity contribution in [1.29, 1.82) is 0 Å². The van der Waals surface area contributed by atoms with Gasteiger partial charge in [-0.1, -0.05) is 6.42 Å². The predicted octanol–water partition coefficient (Wildman–Crippen LogP) is 2.62. The lowest BCUT2D eigenvalue weighted by molar-refractivity contribution is -0.127. The molecule has 1 atom stereocenters. The largest absolute Gasteiger partial charge is 0.442 e. The molecule has 150 valence electrons. The average molecular weight is 405 g/mol. The summed E-state index contributed by atoms with van der Waals surface area (Å²) in [5.41, 5.74) is 1.49. The summed E-state index contributed by atoms with van der Waals surface area (Å²) in [6.45, 7) is 2.42. The SMILES string of the molecule is O=C(NC[C@H]1CN(c2ccc(N3CC4(CSC4)C3)c(F)c2)C(=O)O1)C1CCC1. The van der Waals surface area contributed by atoms with Crippen LogP contribution in [0.15, 0.2) is 18.2 Å². The number of nitrogens with one attached hydrogen (secondary N) is 1. The summed E-state index contributed by atoms with van der Waals surface area (Å²) in [6, 6.07) is 4.93. The summed E-state index contributed by atoms with van der Waals surface area (Å²) >= 11 is 1.95. The molecule has 1 aromatic rings. The van der Waals surface area contributed by atoms with Crippen molar-refractivity contribution in [3.8, 4) is 0 Å². The predicted molar refractivity (Wildman–Crippen MR) is 106 cm³/mol. The number of cyclic esters (lactones) is 1. The Bertz CT molecular complexity index is 804. The number of benzene rings is 1. The molecular formula is C20H24FN3O3S. The van der Waals surface area contributed by atoms with Crippen molar-refractivity contribution in [2.75, 3.05) is 47.5 Å². The van der Waals surface area contributed by atoms with Crippen LogP contribution in [0.2, 0.25) is 0 Å². The Labute approximate surface area is 167 Å². The molecule has 1 spiro atoms. The van der Waals surface area contributed by atoms with E-state index in [2.05, 4.69) is 10.2 Å². The Morgan fingerprint density at radius 2 is 2.11 bits per heavy atom. The van der Waals surface area contributed by atoms with Gasteiger partial charge in [0.15, 0.2) is 0 Å². The van der Waals surface area contributed by atoms with E-state index >= 15 is 0 Å². The summed E-state index contributed by atoms with van der Waals surface area (Å²) in [5, 5.41) is 2.86. The first-order chi connectivity index (χ1) is 13.5. The zero-order valence-corrected chi connectivity index (χ0v) is 16.5. The number of thioether (sulfide) groups is 1. The van der Waals surface area contributed by atoms with E-state index in [0.29, 0.717) is 29.9 Å². The van der Waals surface area contributed by atoms with E-state index in [4.69, 9.17) is 4.74 Å². The topological polar surface area (TPSA) is 61.9 Å². The van der Waals surface area contributed by atoms with Gasteiger partial charge in [-0.3, -0.25) is 9.69 Å². The van der Waals surface area contributed by atoms with Crippen LogP contribution in [0.4, 0.5) is 20.6 Å². The third-order valence-corrected chi connectivity index (χ3v) is 7.94. The van der Waals surface area contributed by atoms with Gasteiger partial charge in [0.1, 0.15) is 11.9 Å². The second kappa shape index (κ2) is 6.83. The average Bonchev–Trinajstić information content (AvgIpc) is 2.91. The number of carbonyl (C=O) groups is 2. The molecule has 3 heterocycles. The maximum absolute atomic E-state index is 14.7. The Hall–Kier alpha value is -1.96. The molecule has 5 rings (SSSR count). The van der Waals surface area contributed by atoms with Gasteiger partial charge in [0.25, 0.3) is 0 Å². The highest BCUT2D eigenvalue weighted by atomic mass is 32.2. The smallest absolute Gasteiger partial charge is 0.414 e. The lowest BCUT2D eigenvalue weighted by Crippen LogP contribution is -2.63. The number of carbonyl (C=O) groups excluding carboxylic acids is 2. The first kappa shape index (κ1) is 18.1. The molecule has 3 aliphatic heterocycles. The molecule has 28 heavy (non-hydrogen) atoms. The molecule has 1 saturated carbocycles. The first-order valence-corrected chi connectivity index (χ1v) is 11.1. The number of hydrogen-bond donors (Lipinski definition) is 1. The Balaban J connectivity index is 1.19. The quantitative estimate of drug-likeness (QED) is 0.816. The Morgan fingerprint density at radius 1 is 1.32 bits per heavy atom. The molecule has 1 aliphatic carbocycles. The van der Waals surface area contributed by atoms with E-state index in [1.807, 2.05) is 11.8 Å². The van der Waals surface area contributed by atoms with Crippen LogP contribution in [0.3, 0.4) is 0 Å². The first-order valence-electron chi connectivity index (χ1n) is 9.91. The van der Waals surface area contributed by atoms with Crippen LogP contribution in [0.25, 0.3) is 0 Å². The second-order valence-corrected chi connectivity index (χ2v) is 9.46. The van der Waals surface area contributed by atoms with E-state index in [9.17, 15) is 14.0 Å². The number of nitrogens with zero attached hydrogens (tertiary/aromatic N) is 2. The van der Waals surface area contributed by atoms with Crippen LogP contribution < -0.4 is 15.1 Å². The van der Waals surface area contributed by atoms with Gasteiger partial charge < -0.3 is 15.0 Å². The van der Waals surface area contributed by atoms with Gasteiger partial charge in [-0.15, -0.1) is 0 Å². The zero-order valence-electron chi connectivity index (χ0n) is 15.7. The summed E-state index contributed by atoms with van der Waals surface area (Å²) in [7, 11) is 0. The molecule has 3 saturated heterocycles. The van der Waals surface area contributed by atoms with Crippen molar-refractivity contribution in [3.63, 3.8) is 0 Å². The van der Waals surface area contributed by atoms with Crippen LogP contribution in [-0.4, -0.2) is 55.8 Å². The number of halogens is 1. The lowest BCUT2D eigenvalue weighted by Gasteiger charge is -2.56. The summed E-state index contributed by atoms with van der Waals surface area (Å²) < 4.78 is 20.0. The zero-order chi connectivity index (χ0) is 19.3. The highest BCUT2D eigenvalue weighted by Gasteiger charge is 2.48. The van der Waals surface area contributed by atoms with Crippen molar-refractivity contribution < 1.29 is 18.7 Å². The fraction of sp³-hybridized carbons (Fsp3) is 0.600. The summed E-state index contributed by atoms with van der Waals surface area (Å²) in [5.74, 6) is 2.17. The monoisotopic (exact) mass is 405 g/mol. The molecule has 4 aliphatic rings. The van der Waals surface area contributed by atoms with Crippen LogP contribution >= 0.6 is 11.8 Å². The van der Waals surface area contributed by atoms with Gasteiger partial charge in [-0.2, -0.15) is 11.8 Å². The minimum absolute atomic E-state index is 0.0355. The molecule has 0 bridgehead atoms. The van der Waals surface area contributed by atoms with Gasteiger partial charge in [0.2, 0.25) is 5.91 Å². The molecule has 0 unspecified atom stereocenters. The highest BCUT2D eigenvalue weighted by Crippen LogP contribution is 2.47. The molecule has 0 radical (unpaired) electrons. The minimum atomic E-state index is -0.496. The fourth-order valence-corrected chi connectivity index (χ4v) is 5.44. The Kier molecular flexibility index (Phi) is 4.41. The molecular weight excluding hydrogens is 381 g/mol. The van der Waals surface area contributed by atoms with Crippen molar-refractivity contribution in [3.05, 3.63) is 24.0 Å². The molecule has 8 heteroatoms. The highest BCUT2D eigenvalue weighted by molar-refractivity contribution is 8.00. The number of amides is 2. The van der Waals surface area contributed by atoms with Crippen LogP contribution in [0, 0.1) is 17.2 Å². The van der Waals surface area contributed by atoms with Crippen molar-refractivity contribution >= 4 is 35.1 Å². The third kappa shape index (κ3) is 3.11. The fourth-order valence-electron chi connectivity index (χ4n) is 4.30. The van der Waals surface area contributed by atoms with Crippen molar-refractivity contribution in [2.24, 2.45) is 11.3 Å². The number of ether oxygens (including phenoxy) is 1. The molecule has 1 aromatic carbocycles. The van der Waals surface area contributed by atoms with Crippen LogP contribution in [0.5, 0.6) is 0 Å². The maximum atomic E-state index is 14.7. The minimum Gasteiger partial charge on any atom is -0.442 e. The van der Waals surface area contributed by atoms with Crippen molar-refractivity contribution in [2.45, 2.75) is 25.4 Å². The molecule has 0 aromatic heterocycles. The number of hydrogen-bond acceptors (Lipinski definition) is 5. The third-order valence-electron chi connectivity index (χ3n) is 6.31. The van der Waals surface area contributed by atoms with Gasteiger partial charge in [-0.25, -0.2) is 9.18 Å². The van der Waals surface area contributed by atoms with E-state index in [1.54, 1.807) is 12.1 Å². The molecule has 2 amide bonds. The maximum Gasteiger partial charge on any atom is 0.414 e. The van der Waals surface area contributed by atoms with E-state index in [-0.39, 0.29) is 17.6 Å². The van der Waals surface area contributed by atoms with Gasteiger partial charge in [-0.05, 0) is 31.0 Å². The van der Waals surface area contributed by atoms with Crippen molar-refractivity contribution in [1.82, 2.24) is 5.32 Å². The van der Waals surface area contributed by atoms with Crippen LogP contribution in [0.1, 0.15) is 19.3 Å². The number of anilines is 2. The lowest BCUT2D eigenvalue weighted by atomic mass is 9.82. The summed E-state index contributed by atoms with van der Waals surface area (Å²) in [4.78, 5) is 27.7. The van der Waals surface area contributed by atoms with E-state index < -0.39 is 12.2 Å². The van der Waals surface area contributed by atoms with E-state index in [0.717, 1.165) is 32.4 Å². The molecule has 1 N–H and O–H groups in total. The summed E-state index contributed by atoms with van der Waals surface area (Å²) in [6.07, 6.45) is 2.06. The normalized spacial score (nSPS) is 25.8. The number of rotatable bonds is 5. The van der Waals surface area contributed by atoms with Gasteiger partial charge in [0.05, 0.1) is 24.5 Å². The van der Waals surface area contributed by atoms with Crippen LogP contribution in [-0.2, 0) is 9.53 Å². The standard InChI is InChI=1S/C20H24FN3O3S/c21-16-6-14(4-5-17(16)23-9-20(10-23)11-28-12-20)24-8-15(27-19(24)26)7-22-18(25)13-2-1-3-13/h4-6,13,15H,1-3,7-12H2,(H,22,25)/t15-/m0/s1. The van der Waals surface area contributed by atoms with E-state index in [1.165, 1.54) is 22.5 Å². The van der Waals surface area contributed by atoms with Gasteiger partial charge >= 0.3 is 6.09 Å².